The Kier molecular flexibility index (Phi) is 2.86. The molecule has 112 valence electrons. The van der Waals surface area contributed by atoms with E-state index in [4.69, 9.17) is 10.5 Å². The van der Waals surface area contributed by atoms with E-state index in [-0.39, 0.29) is 28.2 Å². The lowest BCUT2D eigenvalue weighted by Gasteiger charge is -2.07. The molecule has 0 saturated carbocycles. The maximum absolute atomic E-state index is 12.2. The third-order valence-corrected chi connectivity index (χ3v) is 3.18. The van der Waals surface area contributed by atoms with E-state index in [9.17, 15) is 20.1 Å². The number of ether oxygens (including phenoxy) is 1. The average Bonchev–Trinajstić information content (AvgIpc) is 2.51. The minimum atomic E-state index is -0.567. The number of phenolic OH excluding ortho intramolecular Hbond substituents is 3. The Morgan fingerprint density at radius 3 is 2.59 bits per heavy atom. The molecule has 0 bridgehead atoms. The van der Waals surface area contributed by atoms with Crippen molar-refractivity contribution in [2.24, 2.45) is 0 Å². The highest BCUT2D eigenvalue weighted by atomic mass is 16.5. The van der Waals surface area contributed by atoms with E-state index in [1.54, 1.807) is 6.07 Å². The zero-order valence-electron chi connectivity index (χ0n) is 12.5. The maximum Gasteiger partial charge on any atom is 0.197 e. The molecule has 1 aromatic heterocycles. The fraction of sp³-hybridized carbons (Fsp3) is 0.0625. The summed E-state index contributed by atoms with van der Waals surface area (Å²) >= 11 is 0. The van der Waals surface area contributed by atoms with Gasteiger partial charge in [-0.2, -0.15) is 0 Å². The monoisotopic (exact) mass is 301 g/mol. The van der Waals surface area contributed by atoms with Gasteiger partial charge in [0, 0.05) is 23.7 Å². The molecular weight excluding hydrogens is 288 g/mol. The van der Waals surface area contributed by atoms with Crippen LogP contribution in [-0.4, -0.2) is 22.4 Å². The third kappa shape index (κ3) is 2.20. The van der Waals surface area contributed by atoms with E-state index in [2.05, 4.69) is 0 Å². The van der Waals surface area contributed by atoms with Crippen LogP contribution in [0.4, 0.5) is 0 Å². The van der Waals surface area contributed by atoms with Crippen LogP contribution >= 0.6 is 0 Å². The van der Waals surface area contributed by atoms with Crippen LogP contribution in [0.3, 0.4) is 0 Å². The van der Waals surface area contributed by atoms with Crippen molar-refractivity contribution in [2.75, 3.05) is 7.11 Å². The standard InChI is InChI=1S/C16H12O6/c1-21-13-3-2-8(4-10(13)18)14-7-12(20)16-11(19)5-9(17)6-15(16)22-14/h2-7,17-19H,1H3/i6D. The summed E-state index contributed by atoms with van der Waals surface area (Å²) in [4.78, 5) is 12.2. The average molecular weight is 301 g/mol. The summed E-state index contributed by atoms with van der Waals surface area (Å²) in [7, 11) is 1.41. The van der Waals surface area contributed by atoms with Crippen molar-refractivity contribution in [1.29, 1.82) is 0 Å². The van der Waals surface area contributed by atoms with Gasteiger partial charge in [-0.25, -0.2) is 0 Å². The van der Waals surface area contributed by atoms with Gasteiger partial charge >= 0.3 is 0 Å². The van der Waals surface area contributed by atoms with Crippen LogP contribution in [0.25, 0.3) is 22.3 Å². The van der Waals surface area contributed by atoms with Gasteiger partial charge in [0.1, 0.15) is 28.2 Å². The molecule has 3 aromatic rings. The molecule has 0 aliphatic heterocycles. The molecule has 1 heterocycles. The predicted octanol–water partition coefficient (Wildman–Crippen LogP) is 2.59. The van der Waals surface area contributed by atoms with Crippen molar-refractivity contribution in [3.05, 3.63) is 46.6 Å². The number of aromatic hydroxyl groups is 3. The topological polar surface area (TPSA) is 100 Å². The number of fused-ring (bicyclic) bond motifs is 1. The van der Waals surface area contributed by atoms with Crippen molar-refractivity contribution in [3.8, 4) is 34.3 Å². The molecule has 2 aromatic carbocycles. The van der Waals surface area contributed by atoms with Gasteiger partial charge < -0.3 is 24.5 Å². The van der Waals surface area contributed by atoms with Gasteiger partial charge in [-0.3, -0.25) is 4.79 Å². The quantitative estimate of drug-likeness (QED) is 0.672. The molecule has 0 aliphatic carbocycles. The fourth-order valence-electron chi connectivity index (χ4n) is 2.16. The summed E-state index contributed by atoms with van der Waals surface area (Å²) in [6, 6.07) is 6.05. The van der Waals surface area contributed by atoms with Gasteiger partial charge in [0.2, 0.25) is 0 Å². The Hall–Kier alpha value is -3.15. The van der Waals surface area contributed by atoms with Crippen LogP contribution < -0.4 is 10.2 Å². The molecule has 0 aliphatic rings. The summed E-state index contributed by atoms with van der Waals surface area (Å²) in [6.07, 6.45) is 0. The minimum absolute atomic E-state index is 0.0824. The van der Waals surface area contributed by atoms with Crippen LogP contribution in [-0.2, 0) is 0 Å². The Bertz CT molecular complexity index is 976. The molecule has 6 nitrogen and oxygen atoms in total. The lowest BCUT2D eigenvalue weighted by atomic mass is 10.1. The number of hydrogen-bond donors (Lipinski definition) is 3. The first kappa shape index (κ1) is 12.6. The number of benzene rings is 2. The van der Waals surface area contributed by atoms with E-state index in [1.807, 2.05) is 0 Å². The van der Waals surface area contributed by atoms with Crippen molar-refractivity contribution in [3.63, 3.8) is 0 Å². The molecule has 0 unspecified atom stereocenters. The van der Waals surface area contributed by atoms with Crippen LogP contribution in [0.1, 0.15) is 1.37 Å². The first-order chi connectivity index (χ1) is 10.9. The van der Waals surface area contributed by atoms with Gasteiger partial charge in [-0.05, 0) is 18.2 Å². The maximum atomic E-state index is 12.2. The van der Waals surface area contributed by atoms with E-state index < -0.39 is 23.0 Å². The number of hydrogen-bond acceptors (Lipinski definition) is 6. The van der Waals surface area contributed by atoms with Gasteiger partial charge in [-0.15, -0.1) is 0 Å². The summed E-state index contributed by atoms with van der Waals surface area (Å²) in [5.74, 6) is -0.774. The zero-order chi connectivity index (χ0) is 16.7. The minimum Gasteiger partial charge on any atom is -0.508 e. The Balaban J connectivity index is 2.30. The molecule has 22 heavy (non-hydrogen) atoms. The summed E-state index contributed by atoms with van der Waals surface area (Å²) in [5.41, 5.74) is -0.424. The highest BCUT2D eigenvalue weighted by Crippen LogP contribution is 2.34. The predicted molar refractivity (Wildman–Crippen MR) is 79.5 cm³/mol. The van der Waals surface area contributed by atoms with Crippen LogP contribution in [0.5, 0.6) is 23.0 Å². The SMILES string of the molecule is [2H]c1c(O)cc(O)c2c(=O)cc(-c3ccc(OC)c(O)c3)oc12. The van der Waals surface area contributed by atoms with Gasteiger partial charge in [0.05, 0.1) is 8.48 Å². The Labute approximate surface area is 125 Å². The highest BCUT2D eigenvalue weighted by Gasteiger charge is 2.13. The second kappa shape index (κ2) is 5.00. The largest absolute Gasteiger partial charge is 0.508 e. The van der Waals surface area contributed by atoms with E-state index in [1.165, 1.54) is 19.2 Å². The van der Waals surface area contributed by atoms with E-state index in [0.29, 0.717) is 5.56 Å². The molecule has 0 spiro atoms. The molecule has 0 amide bonds. The Morgan fingerprint density at radius 2 is 1.91 bits per heavy atom. The number of methoxy groups -OCH3 is 1. The fourth-order valence-corrected chi connectivity index (χ4v) is 2.16. The molecule has 0 saturated heterocycles. The van der Waals surface area contributed by atoms with Gasteiger partial charge in [-0.1, -0.05) is 0 Å². The number of phenols is 3. The summed E-state index contributed by atoms with van der Waals surface area (Å²) < 4.78 is 18.2. The summed E-state index contributed by atoms with van der Waals surface area (Å²) in [5, 5.41) is 29.0. The highest BCUT2D eigenvalue weighted by molar-refractivity contribution is 5.86. The van der Waals surface area contributed by atoms with Gasteiger partial charge in [0.25, 0.3) is 0 Å². The Morgan fingerprint density at radius 1 is 1.14 bits per heavy atom. The second-order valence-electron chi connectivity index (χ2n) is 4.61. The molecule has 0 radical (unpaired) electrons. The van der Waals surface area contributed by atoms with Crippen LogP contribution in [0.15, 0.2) is 45.6 Å². The molecular formula is C16H12O6. The molecule has 6 heteroatoms. The first-order valence-electron chi connectivity index (χ1n) is 6.79. The first-order valence-corrected chi connectivity index (χ1v) is 6.29. The van der Waals surface area contributed by atoms with Crippen molar-refractivity contribution in [1.82, 2.24) is 0 Å². The van der Waals surface area contributed by atoms with Crippen molar-refractivity contribution < 1.29 is 25.8 Å². The van der Waals surface area contributed by atoms with Crippen molar-refractivity contribution in [2.45, 2.75) is 0 Å². The van der Waals surface area contributed by atoms with E-state index >= 15 is 0 Å². The number of rotatable bonds is 2. The lowest BCUT2D eigenvalue weighted by Crippen LogP contribution is -2.00. The lowest BCUT2D eigenvalue weighted by molar-refractivity contribution is 0.373. The molecule has 0 fully saturated rings. The van der Waals surface area contributed by atoms with Crippen molar-refractivity contribution >= 4 is 11.0 Å². The van der Waals surface area contributed by atoms with Crippen LogP contribution in [0.2, 0.25) is 0 Å². The summed E-state index contributed by atoms with van der Waals surface area (Å²) in [6.45, 7) is 0. The molecule has 0 atom stereocenters. The van der Waals surface area contributed by atoms with Gasteiger partial charge in [0.15, 0.2) is 16.9 Å². The normalized spacial score (nSPS) is 11.4. The molecule has 3 rings (SSSR count). The molecule has 3 N–H and O–H groups in total. The van der Waals surface area contributed by atoms with Crippen LogP contribution in [0, 0.1) is 0 Å². The smallest absolute Gasteiger partial charge is 0.197 e. The zero-order valence-corrected chi connectivity index (χ0v) is 11.5. The second-order valence-corrected chi connectivity index (χ2v) is 4.61. The third-order valence-electron chi connectivity index (χ3n) is 3.18. The van der Waals surface area contributed by atoms with E-state index in [0.717, 1.165) is 12.1 Å².